The van der Waals surface area contributed by atoms with Gasteiger partial charge in [0.2, 0.25) is 0 Å². The molecule has 0 spiro atoms. The molecule has 0 bridgehead atoms. The second kappa shape index (κ2) is 5.50. The third-order valence-electron chi connectivity index (χ3n) is 3.22. The second-order valence-corrected chi connectivity index (χ2v) is 4.96. The van der Waals surface area contributed by atoms with Gasteiger partial charge in [-0.2, -0.15) is 0 Å². The molecule has 0 radical (unpaired) electrons. The maximum atomic E-state index is 11.2. The Labute approximate surface area is 92.6 Å². The van der Waals surface area contributed by atoms with Gasteiger partial charge in [0, 0.05) is 12.6 Å². The summed E-state index contributed by atoms with van der Waals surface area (Å²) in [7, 11) is 0. The second-order valence-electron chi connectivity index (χ2n) is 4.96. The summed E-state index contributed by atoms with van der Waals surface area (Å²) < 4.78 is 4.91. The minimum absolute atomic E-state index is 0.101. The summed E-state index contributed by atoms with van der Waals surface area (Å²) in [6, 6.07) is 0.224. The van der Waals surface area contributed by atoms with Crippen LogP contribution in [0, 0.1) is 5.41 Å². The van der Waals surface area contributed by atoms with Gasteiger partial charge in [-0.15, -0.1) is 0 Å². The molecule has 1 fully saturated rings. The van der Waals surface area contributed by atoms with Crippen molar-refractivity contribution in [3.8, 4) is 0 Å². The van der Waals surface area contributed by atoms with E-state index in [1.807, 2.05) is 13.8 Å². The quantitative estimate of drug-likeness (QED) is 0.687. The number of hydrogen-bond donors (Lipinski definition) is 1. The molecule has 0 aliphatic heterocycles. The highest BCUT2D eigenvalue weighted by Crippen LogP contribution is 2.39. The van der Waals surface area contributed by atoms with Crippen LogP contribution in [0.15, 0.2) is 0 Å². The molecule has 1 aliphatic carbocycles. The Balaban J connectivity index is 2.12. The zero-order valence-corrected chi connectivity index (χ0v) is 10.1. The average molecular weight is 213 g/mol. The minimum Gasteiger partial charge on any atom is -0.466 e. The van der Waals surface area contributed by atoms with Crippen molar-refractivity contribution in [1.29, 1.82) is 0 Å². The molecule has 1 unspecified atom stereocenters. The van der Waals surface area contributed by atoms with Gasteiger partial charge in [-0.25, -0.2) is 0 Å². The fourth-order valence-electron chi connectivity index (χ4n) is 1.92. The number of hydrogen-bond acceptors (Lipinski definition) is 3. The van der Waals surface area contributed by atoms with E-state index in [4.69, 9.17) is 4.74 Å². The number of carbonyl (C=O) groups is 1. The van der Waals surface area contributed by atoms with E-state index in [0.717, 1.165) is 6.54 Å². The number of carbonyl (C=O) groups excluding carboxylic acids is 1. The van der Waals surface area contributed by atoms with Gasteiger partial charge in [0.1, 0.15) is 0 Å². The van der Waals surface area contributed by atoms with Gasteiger partial charge in [0.15, 0.2) is 0 Å². The van der Waals surface area contributed by atoms with Crippen LogP contribution in [0.2, 0.25) is 0 Å². The highest BCUT2D eigenvalue weighted by atomic mass is 16.5. The SMILES string of the molecule is CCOC(=O)CC(C)NCC1(C)CCC1. The lowest BCUT2D eigenvalue weighted by Crippen LogP contribution is -2.41. The van der Waals surface area contributed by atoms with E-state index < -0.39 is 0 Å². The largest absolute Gasteiger partial charge is 0.466 e. The molecule has 0 aromatic heterocycles. The van der Waals surface area contributed by atoms with Gasteiger partial charge in [0.25, 0.3) is 0 Å². The van der Waals surface area contributed by atoms with Crippen molar-refractivity contribution in [1.82, 2.24) is 5.32 Å². The third kappa shape index (κ3) is 4.20. The smallest absolute Gasteiger partial charge is 0.307 e. The van der Waals surface area contributed by atoms with Crippen LogP contribution in [0.1, 0.15) is 46.5 Å². The van der Waals surface area contributed by atoms with Crippen LogP contribution in [0.5, 0.6) is 0 Å². The van der Waals surface area contributed by atoms with Crippen molar-refractivity contribution in [2.45, 2.75) is 52.5 Å². The first-order chi connectivity index (χ1) is 7.06. The molecule has 0 aromatic rings. The summed E-state index contributed by atoms with van der Waals surface area (Å²) in [5, 5.41) is 3.41. The Hall–Kier alpha value is -0.570. The lowest BCUT2D eigenvalue weighted by Gasteiger charge is -2.39. The summed E-state index contributed by atoms with van der Waals surface area (Å²) in [6.07, 6.45) is 4.45. The Kier molecular flexibility index (Phi) is 4.58. The molecule has 0 amide bonds. The molecule has 3 nitrogen and oxygen atoms in total. The molecule has 1 atom stereocenters. The standard InChI is InChI=1S/C12H23NO2/c1-4-15-11(14)8-10(2)13-9-12(3)6-5-7-12/h10,13H,4-9H2,1-3H3. The highest BCUT2D eigenvalue weighted by Gasteiger charge is 2.31. The first kappa shape index (κ1) is 12.5. The fraction of sp³-hybridized carbons (Fsp3) is 0.917. The van der Waals surface area contributed by atoms with E-state index in [1.54, 1.807) is 0 Å². The lowest BCUT2D eigenvalue weighted by molar-refractivity contribution is -0.143. The Morgan fingerprint density at radius 2 is 2.20 bits per heavy atom. The van der Waals surface area contributed by atoms with E-state index in [0.29, 0.717) is 18.4 Å². The van der Waals surface area contributed by atoms with E-state index >= 15 is 0 Å². The average Bonchev–Trinajstić information content (AvgIpc) is 2.12. The normalized spacial score (nSPS) is 20.5. The predicted octanol–water partition coefficient (Wildman–Crippen LogP) is 2.11. The van der Waals surface area contributed by atoms with Crippen LogP contribution in [0.4, 0.5) is 0 Å². The lowest BCUT2D eigenvalue weighted by atomic mass is 9.70. The van der Waals surface area contributed by atoms with Crippen LogP contribution >= 0.6 is 0 Å². The molecular formula is C12H23NO2. The first-order valence-electron chi connectivity index (χ1n) is 5.95. The summed E-state index contributed by atoms with van der Waals surface area (Å²) >= 11 is 0. The highest BCUT2D eigenvalue weighted by molar-refractivity contribution is 5.69. The zero-order chi connectivity index (χ0) is 11.3. The molecule has 0 heterocycles. The van der Waals surface area contributed by atoms with E-state index in [9.17, 15) is 4.79 Å². The number of nitrogens with one attached hydrogen (secondary N) is 1. The van der Waals surface area contributed by atoms with Gasteiger partial charge < -0.3 is 10.1 Å². The third-order valence-corrected chi connectivity index (χ3v) is 3.22. The summed E-state index contributed by atoms with van der Waals surface area (Å²) in [4.78, 5) is 11.2. The summed E-state index contributed by atoms with van der Waals surface area (Å²) in [6.45, 7) is 7.68. The number of esters is 1. The summed E-state index contributed by atoms with van der Waals surface area (Å²) in [5.41, 5.74) is 0.475. The molecule has 1 aliphatic rings. The van der Waals surface area contributed by atoms with Gasteiger partial charge in [-0.3, -0.25) is 4.79 Å². The van der Waals surface area contributed by atoms with Gasteiger partial charge in [-0.1, -0.05) is 13.3 Å². The van der Waals surface area contributed by atoms with Crippen LogP contribution in [-0.4, -0.2) is 25.2 Å². The molecular weight excluding hydrogens is 190 g/mol. The van der Waals surface area contributed by atoms with Crippen LogP contribution in [0.25, 0.3) is 0 Å². The van der Waals surface area contributed by atoms with E-state index in [2.05, 4.69) is 12.2 Å². The first-order valence-corrected chi connectivity index (χ1v) is 5.95. The Bertz CT molecular complexity index is 212. The molecule has 0 saturated heterocycles. The predicted molar refractivity (Wildman–Crippen MR) is 60.7 cm³/mol. The van der Waals surface area contributed by atoms with Gasteiger partial charge in [-0.05, 0) is 32.1 Å². The number of ether oxygens (including phenoxy) is 1. The van der Waals surface area contributed by atoms with Crippen molar-refractivity contribution < 1.29 is 9.53 Å². The zero-order valence-electron chi connectivity index (χ0n) is 10.1. The maximum absolute atomic E-state index is 11.2. The van der Waals surface area contributed by atoms with E-state index in [-0.39, 0.29) is 12.0 Å². The molecule has 0 aromatic carbocycles. The van der Waals surface area contributed by atoms with Crippen molar-refractivity contribution in [3.63, 3.8) is 0 Å². The summed E-state index contributed by atoms with van der Waals surface area (Å²) in [5.74, 6) is -0.101. The molecule has 1 saturated carbocycles. The van der Waals surface area contributed by atoms with Crippen molar-refractivity contribution in [2.75, 3.05) is 13.2 Å². The Morgan fingerprint density at radius 1 is 1.53 bits per heavy atom. The van der Waals surface area contributed by atoms with Crippen molar-refractivity contribution >= 4 is 5.97 Å². The monoisotopic (exact) mass is 213 g/mol. The fourth-order valence-corrected chi connectivity index (χ4v) is 1.92. The minimum atomic E-state index is -0.101. The molecule has 3 heteroatoms. The van der Waals surface area contributed by atoms with Crippen LogP contribution in [0.3, 0.4) is 0 Å². The number of rotatable bonds is 6. The van der Waals surface area contributed by atoms with Crippen LogP contribution in [-0.2, 0) is 9.53 Å². The van der Waals surface area contributed by atoms with E-state index in [1.165, 1.54) is 19.3 Å². The molecule has 1 N–H and O–H groups in total. The topological polar surface area (TPSA) is 38.3 Å². The van der Waals surface area contributed by atoms with Gasteiger partial charge >= 0.3 is 5.97 Å². The molecule has 1 rings (SSSR count). The molecule has 88 valence electrons. The van der Waals surface area contributed by atoms with Gasteiger partial charge in [0.05, 0.1) is 13.0 Å². The van der Waals surface area contributed by atoms with Crippen molar-refractivity contribution in [2.24, 2.45) is 5.41 Å². The Morgan fingerprint density at radius 3 is 2.67 bits per heavy atom. The van der Waals surface area contributed by atoms with Crippen molar-refractivity contribution in [3.05, 3.63) is 0 Å². The maximum Gasteiger partial charge on any atom is 0.307 e. The molecule has 15 heavy (non-hydrogen) atoms. The van der Waals surface area contributed by atoms with Crippen LogP contribution < -0.4 is 5.32 Å².